The predicted octanol–water partition coefficient (Wildman–Crippen LogP) is 2.44. The highest BCUT2D eigenvalue weighted by atomic mass is 32.2. The van der Waals surface area contributed by atoms with E-state index < -0.39 is 5.54 Å². The average molecular weight is 268 g/mol. The lowest BCUT2D eigenvalue weighted by molar-refractivity contribution is 0.415. The van der Waals surface area contributed by atoms with E-state index in [0.717, 1.165) is 10.8 Å². The van der Waals surface area contributed by atoms with Gasteiger partial charge in [-0.1, -0.05) is 18.7 Å². The molecule has 0 bridgehead atoms. The molecular formula is C11H16N4S2. The van der Waals surface area contributed by atoms with E-state index in [-0.39, 0.29) is 0 Å². The molecule has 1 aliphatic rings. The molecule has 0 saturated heterocycles. The Hall–Kier alpha value is -0.640. The van der Waals surface area contributed by atoms with E-state index in [4.69, 9.17) is 0 Å². The van der Waals surface area contributed by atoms with E-state index in [1.807, 2.05) is 6.92 Å². The van der Waals surface area contributed by atoms with Gasteiger partial charge in [0.25, 0.3) is 0 Å². The molecule has 17 heavy (non-hydrogen) atoms. The topological polar surface area (TPSA) is 61.6 Å². The van der Waals surface area contributed by atoms with Crippen LogP contribution in [0.1, 0.15) is 33.1 Å². The highest BCUT2D eigenvalue weighted by Gasteiger charge is 2.33. The van der Waals surface area contributed by atoms with Crippen LogP contribution in [0, 0.1) is 11.3 Å². The molecule has 0 aliphatic heterocycles. The standard InChI is InChI=1S/C11H16N4S2/c1-8(16-10-13-7-14-17-10)5-11(2,6-12)15-9-3-4-9/h7-9,15H,3-5H2,1-2H3. The predicted molar refractivity (Wildman–Crippen MR) is 70.0 cm³/mol. The number of hydrogen-bond donors (Lipinski definition) is 1. The fourth-order valence-corrected chi connectivity index (χ4v) is 3.76. The zero-order chi connectivity index (χ0) is 12.3. The molecule has 2 rings (SSSR count). The van der Waals surface area contributed by atoms with Gasteiger partial charge in [-0.3, -0.25) is 5.32 Å². The number of nitrogens with one attached hydrogen (secondary N) is 1. The quantitative estimate of drug-likeness (QED) is 0.803. The summed E-state index contributed by atoms with van der Waals surface area (Å²) in [6.07, 6.45) is 4.81. The first-order valence-corrected chi connectivity index (χ1v) is 7.39. The maximum absolute atomic E-state index is 9.29. The summed E-state index contributed by atoms with van der Waals surface area (Å²) in [5.74, 6) is 0. The van der Waals surface area contributed by atoms with Crippen molar-refractivity contribution in [1.29, 1.82) is 5.26 Å². The van der Waals surface area contributed by atoms with E-state index in [1.165, 1.54) is 24.4 Å². The SMILES string of the molecule is CC(CC(C)(C#N)NC1CC1)Sc1ncns1. The molecule has 2 unspecified atom stereocenters. The summed E-state index contributed by atoms with van der Waals surface area (Å²) in [7, 11) is 0. The molecule has 2 atom stereocenters. The summed E-state index contributed by atoms with van der Waals surface area (Å²) in [5, 5.41) is 13.1. The molecule has 0 amide bonds. The third-order valence-corrected chi connectivity index (χ3v) is 4.54. The largest absolute Gasteiger partial charge is 0.297 e. The van der Waals surface area contributed by atoms with Crippen molar-refractivity contribution >= 4 is 23.3 Å². The Balaban J connectivity index is 1.86. The van der Waals surface area contributed by atoms with E-state index in [1.54, 1.807) is 18.1 Å². The molecule has 1 aromatic heterocycles. The van der Waals surface area contributed by atoms with Crippen LogP contribution in [0.15, 0.2) is 10.7 Å². The minimum Gasteiger partial charge on any atom is -0.297 e. The first-order valence-electron chi connectivity index (χ1n) is 5.73. The van der Waals surface area contributed by atoms with Crippen molar-refractivity contribution in [1.82, 2.24) is 14.7 Å². The third-order valence-electron chi connectivity index (χ3n) is 2.69. The Labute approximate surface area is 110 Å². The van der Waals surface area contributed by atoms with Crippen molar-refractivity contribution in [3.05, 3.63) is 6.33 Å². The molecule has 1 N–H and O–H groups in total. The molecule has 92 valence electrons. The van der Waals surface area contributed by atoms with Gasteiger partial charge in [0.15, 0.2) is 4.34 Å². The fraction of sp³-hybridized carbons (Fsp3) is 0.727. The van der Waals surface area contributed by atoms with Gasteiger partial charge in [-0.15, -0.1) is 0 Å². The number of thioether (sulfide) groups is 1. The monoisotopic (exact) mass is 268 g/mol. The number of hydrogen-bond acceptors (Lipinski definition) is 6. The van der Waals surface area contributed by atoms with Gasteiger partial charge < -0.3 is 0 Å². The van der Waals surface area contributed by atoms with Crippen molar-refractivity contribution in [3.63, 3.8) is 0 Å². The molecule has 1 aromatic rings. The molecule has 0 aromatic carbocycles. The van der Waals surface area contributed by atoms with Gasteiger partial charge in [0.2, 0.25) is 0 Å². The molecule has 6 heteroatoms. The van der Waals surface area contributed by atoms with Gasteiger partial charge in [0.1, 0.15) is 11.9 Å². The Morgan fingerprint density at radius 2 is 2.53 bits per heavy atom. The third kappa shape index (κ3) is 3.95. The second-order valence-corrected chi connectivity index (χ2v) is 7.17. The molecule has 4 nitrogen and oxygen atoms in total. The number of nitrogens with zero attached hydrogens (tertiary/aromatic N) is 3. The lowest BCUT2D eigenvalue weighted by Gasteiger charge is -2.25. The zero-order valence-corrected chi connectivity index (χ0v) is 11.6. The first-order chi connectivity index (χ1) is 8.11. The molecule has 0 spiro atoms. The van der Waals surface area contributed by atoms with Crippen LogP contribution in [0.5, 0.6) is 0 Å². The van der Waals surface area contributed by atoms with E-state index in [9.17, 15) is 5.26 Å². The van der Waals surface area contributed by atoms with Crippen LogP contribution < -0.4 is 5.32 Å². The van der Waals surface area contributed by atoms with Crippen molar-refractivity contribution in [2.45, 2.75) is 54.3 Å². The van der Waals surface area contributed by atoms with Gasteiger partial charge >= 0.3 is 0 Å². The van der Waals surface area contributed by atoms with E-state index in [2.05, 4.69) is 27.7 Å². The second kappa shape index (κ2) is 5.34. The van der Waals surface area contributed by atoms with Crippen molar-refractivity contribution in [3.8, 4) is 6.07 Å². The van der Waals surface area contributed by atoms with Crippen LogP contribution in [0.2, 0.25) is 0 Å². The van der Waals surface area contributed by atoms with Crippen LogP contribution in [-0.4, -0.2) is 26.2 Å². The number of rotatable bonds is 6. The van der Waals surface area contributed by atoms with Gasteiger partial charge in [-0.25, -0.2) is 4.98 Å². The van der Waals surface area contributed by atoms with Crippen molar-refractivity contribution < 1.29 is 0 Å². The van der Waals surface area contributed by atoms with E-state index >= 15 is 0 Å². The van der Waals surface area contributed by atoms with Crippen LogP contribution in [0.25, 0.3) is 0 Å². The minimum atomic E-state index is -0.418. The molecule has 1 aliphatic carbocycles. The lowest BCUT2D eigenvalue weighted by Crippen LogP contribution is -2.44. The van der Waals surface area contributed by atoms with Crippen LogP contribution in [0.3, 0.4) is 0 Å². The van der Waals surface area contributed by atoms with E-state index in [0.29, 0.717) is 11.3 Å². The van der Waals surface area contributed by atoms with Gasteiger partial charge in [-0.2, -0.15) is 9.64 Å². The summed E-state index contributed by atoms with van der Waals surface area (Å²) in [6, 6.07) is 2.96. The fourth-order valence-electron chi connectivity index (χ4n) is 1.82. The molecule has 1 heterocycles. The molecule has 1 saturated carbocycles. The van der Waals surface area contributed by atoms with Crippen LogP contribution in [0.4, 0.5) is 0 Å². The second-order valence-electron chi connectivity index (χ2n) is 4.70. The maximum Gasteiger partial charge on any atom is 0.170 e. The zero-order valence-electron chi connectivity index (χ0n) is 10.0. The Bertz CT molecular complexity index is 396. The minimum absolute atomic E-state index is 0.360. The van der Waals surface area contributed by atoms with Crippen molar-refractivity contribution in [2.24, 2.45) is 0 Å². The average Bonchev–Trinajstić information content (AvgIpc) is 2.92. The highest BCUT2D eigenvalue weighted by Crippen LogP contribution is 2.31. The van der Waals surface area contributed by atoms with Crippen LogP contribution >= 0.6 is 23.3 Å². The number of nitriles is 1. The lowest BCUT2D eigenvalue weighted by atomic mass is 9.98. The smallest absolute Gasteiger partial charge is 0.170 e. The summed E-state index contributed by atoms with van der Waals surface area (Å²) in [6.45, 7) is 4.12. The van der Waals surface area contributed by atoms with Gasteiger partial charge in [0.05, 0.1) is 6.07 Å². The summed E-state index contributed by atoms with van der Waals surface area (Å²) in [5.41, 5.74) is -0.418. The Morgan fingerprint density at radius 3 is 3.06 bits per heavy atom. The number of aromatic nitrogens is 2. The molecule has 0 radical (unpaired) electrons. The van der Waals surface area contributed by atoms with Crippen LogP contribution in [-0.2, 0) is 0 Å². The summed E-state index contributed by atoms with van der Waals surface area (Å²) >= 11 is 3.10. The highest BCUT2D eigenvalue weighted by molar-refractivity contribution is 8.01. The van der Waals surface area contributed by atoms with Gasteiger partial charge in [0, 0.05) is 11.3 Å². The molecular weight excluding hydrogens is 252 g/mol. The summed E-state index contributed by atoms with van der Waals surface area (Å²) < 4.78 is 4.96. The Morgan fingerprint density at radius 1 is 1.76 bits per heavy atom. The Kier molecular flexibility index (Phi) is 4.02. The molecule has 1 fully saturated rings. The van der Waals surface area contributed by atoms with Gasteiger partial charge in [-0.05, 0) is 37.7 Å². The maximum atomic E-state index is 9.29. The van der Waals surface area contributed by atoms with Crippen molar-refractivity contribution in [2.75, 3.05) is 0 Å². The first kappa shape index (κ1) is 12.8. The summed E-state index contributed by atoms with van der Waals surface area (Å²) in [4.78, 5) is 4.15. The normalized spacial score (nSPS) is 20.5.